The van der Waals surface area contributed by atoms with Crippen LogP contribution in [0.5, 0.6) is 0 Å². The van der Waals surface area contributed by atoms with Crippen LogP contribution in [0.15, 0.2) is 18.2 Å². The van der Waals surface area contributed by atoms with Gasteiger partial charge >= 0.3 is 11.9 Å². The average molecular weight is 294 g/mol. The molecule has 1 heterocycles. The molecule has 0 aromatic heterocycles. The molecule has 21 heavy (non-hydrogen) atoms. The van der Waals surface area contributed by atoms with Crippen LogP contribution < -0.4 is 0 Å². The third-order valence-corrected chi connectivity index (χ3v) is 3.33. The summed E-state index contributed by atoms with van der Waals surface area (Å²) in [7, 11) is 0. The standard InChI is InChI=1S/C9H8O4.C7H14O/c1-5-6(8(10)11)3-2-4-7(5)9(12)13;1-2-3-4-5-7-6-8-7/h2-4H,1H3,(H,10,11)(H,12,13);7H,2-6H2,1H3. The lowest BCUT2D eigenvalue weighted by atomic mass is 10.0. The highest BCUT2D eigenvalue weighted by Gasteiger charge is 2.20. The number of benzene rings is 1. The number of unbranched alkanes of at least 4 members (excludes halogenated alkanes) is 2. The normalized spacial score (nSPS) is 15.8. The van der Waals surface area contributed by atoms with Crippen LogP contribution in [0.4, 0.5) is 0 Å². The number of carboxylic acids is 2. The van der Waals surface area contributed by atoms with E-state index in [-0.39, 0.29) is 16.7 Å². The van der Waals surface area contributed by atoms with Gasteiger partial charge in [-0.15, -0.1) is 0 Å². The van der Waals surface area contributed by atoms with Crippen LogP contribution in [0.1, 0.15) is 58.9 Å². The molecule has 1 aliphatic rings. The molecule has 1 aromatic carbocycles. The van der Waals surface area contributed by atoms with Crippen LogP contribution in [-0.4, -0.2) is 34.9 Å². The number of epoxide rings is 1. The Labute approximate surface area is 124 Å². The summed E-state index contributed by atoms with van der Waals surface area (Å²) in [6.07, 6.45) is 6.02. The second-order valence-electron chi connectivity index (χ2n) is 5.04. The van der Waals surface area contributed by atoms with E-state index in [2.05, 4.69) is 6.92 Å². The number of rotatable bonds is 6. The van der Waals surface area contributed by atoms with Gasteiger partial charge in [-0.3, -0.25) is 0 Å². The van der Waals surface area contributed by atoms with Crippen molar-refractivity contribution in [3.05, 3.63) is 34.9 Å². The van der Waals surface area contributed by atoms with Crippen molar-refractivity contribution in [2.24, 2.45) is 0 Å². The lowest BCUT2D eigenvalue weighted by molar-refractivity contribution is 0.0696. The zero-order valence-corrected chi connectivity index (χ0v) is 12.5. The van der Waals surface area contributed by atoms with Crippen molar-refractivity contribution in [2.75, 3.05) is 6.61 Å². The molecule has 1 saturated heterocycles. The molecular formula is C16H22O5. The second kappa shape index (κ2) is 8.42. The van der Waals surface area contributed by atoms with Gasteiger partial charge in [0.15, 0.2) is 0 Å². The molecule has 0 bridgehead atoms. The summed E-state index contributed by atoms with van der Waals surface area (Å²) >= 11 is 0. The maximum absolute atomic E-state index is 10.6. The molecule has 1 aliphatic heterocycles. The Morgan fingerprint density at radius 1 is 1.19 bits per heavy atom. The Balaban J connectivity index is 0.000000235. The number of ether oxygens (including phenoxy) is 1. The highest BCUT2D eigenvalue weighted by Crippen LogP contribution is 2.16. The Kier molecular flexibility index (Phi) is 6.88. The molecule has 2 N–H and O–H groups in total. The quantitative estimate of drug-likeness (QED) is 0.620. The molecule has 5 nitrogen and oxygen atoms in total. The summed E-state index contributed by atoms with van der Waals surface area (Å²) in [6, 6.07) is 4.17. The fraction of sp³-hybridized carbons (Fsp3) is 0.500. The van der Waals surface area contributed by atoms with Crippen molar-refractivity contribution in [1.82, 2.24) is 0 Å². The highest BCUT2D eigenvalue weighted by molar-refractivity contribution is 5.96. The number of carbonyl (C=O) groups is 2. The lowest BCUT2D eigenvalue weighted by Gasteiger charge is -2.03. The molecule has 1 fully saturated rings. The van der Waals surface area contributed by atoms with Crippen LogP contribution in [-0.2, 0) is 4.74 Å². The number of hydrogen-bond acceptors (Lipinski definition) is 3. The molecule has 0 amide bonds. The van der Waals surface area contributed by atoms with Gasteiger partial charge in [0.25, 0.3) is 0 Å². The minimum atomic E-state index is -1.11. The van der Waals surface area contributed by atoms with Gasteiger partial charge in [0.2, 0.25) is 0 Å². The van der Waals surface area contributed by atoms with E-state index in [4.69, 9.17) is 14.9 Å². The van der Waals surface area contributed by atoms with Crippen LogP contribution in [0.25, 0.3) is 0 Å². The number of aromatic carboxylic acids is 2. The van der Waals surface area contributed by atoms with Crippen molar-refractivity contribution >= 4 is 11.9 Å². The summed E-state index contributed by atoms with van der Waals surface area (Å²) in [5.74, 6) is -2.22. The Bertz CT molecular complexity index is 459. The van der Waals surface area contributed by atoms with E-state index in [1.165, 1.54) is 50.8 Å². The zero-order valence-electron chi connectivity index (χ0n) is 12.5. The van der Waals surface area contributed by atoms with Crippen molar-refractivity contribution in [3.63, 3.8) is 0 Å². The first-order valence-electron chi connectivity index (χ1n) is 7.15. The molecule has 1 aromatic rings. The van der Waals surface area contributed by atoms with Gasteiger partial charge in [-0.05, 0) is 31.0 Å². The number of carboxylic acid groups (broad SMARTS) is 2. The second-order valence-corrected chi connectivity index (χ2v) is 5.04. The summed E-state index contributed by atoms with van der Waals surface area (Å²) in [6.45, 7) is 4.74. The minimum Gasteiger partial charge on any atom is -0.478 e. The van der Waals surface area contributed by atoms with Gasteiger partial charge in [0.1, 0.15) is 0 Å². The fourth-order valence-electron chi connectivity index (χ4n) is 1.96. The van der Waals surface area contributed by atoms with Gasteiger partial charge in [-0.2, -0.15) is 0 Å². The molecule has 2 rings (SSSR count). The van der Waals surface area contributed by atoms with E-state index in [9.17, 15) is 9.59 Å². The third-order valence-electron chi connectivity index (χ3n) is 3.33. The summed E-state index contributed by atoms with van der Waals surface area (Å²) in [5, 5.41) is 17.4. The predicted octanol–water partition coefficient (Wildman–Crippen LogP) is 3.36. The van der Waals surface area contributed by atoms with E-state index in [1.54, 1.807) is 0 Å². The van der Waals surface area contributed by atoms with Gasteiger partial charge in [0.05, 0.1) is 23.8 Å². The largest absolute Gasteiger partial charge is 0.478 e. The van der Waals surface area contributed by atoms with E-state index < -0.39 is 11.9 Å². The maximum Gasteiger partial charge on any atom is 0.335 e. The average Bonchev–Trinajstić information content (AvgIpc) is 3.23. The van der Waals surface area contributed by atoms with Crippen molar-refractivity contribution < 1.29 is 24.5 Å². The molecule has 116 valence electrons. The first kappa shape index (κ1) is 17.2. The molecule has 5 heteroatoms. The molecule has 0 saturated carbocycles. The van der Waals surface area contributed by atoms with Crippen LogP contribution in [0.2, 0.25) is 0 Å². The first-order valence-corrected chi connectivity index (χ1v) is 7.15. The monoisotopic (exact) mass is 294 g/mol. The number of hydrogen-bond donors (Lipinski definition) is 2. The summed E-state index contributed by atoms with van der Waals surface area (Å²) in [4.78, 5) is 21.2. The smallest absolute Gasteiger partial charge is 0.335 e. The van der Waals surface area contributed by atoms with Crippen LogP contribution in [0, 0.1) is 6.92 Å². The predicted molar refractivity (Wildman–Crippen MR) is 79.0 cm³/mol. The van der Waals surface area contributed by atoms with Crippen molar-refractivity contribution in [1.29, 1.82) is 0 Å². The minimum absolute atomic E-state index is 0.0277. The van der Waals surface area contributed by atoms with Gasteiger partial charge in [-0.1, -0.05) is 32.3 Å². The van der Waals surface area contributed by atoms with Crippen molar-refractivity contribution in [3.8, 4) is 0 Å². The zero-order chi connectivity index (χ0) is 15.8. The molecule has 0 radical (unpaired) electrons. The van der Waals surface area contributed by atoms with Gasteiger partial charge in [-0.25, -0.2) is 9.59 Å². The Hall–Kier alpha value is -1.88. The summed E-state index contributed by atoms with van der Waals surface area (Å²) in [5.41, 5.74) is 0.335. The van der Waals surface area contributed by atoms with Gasteiger partial charge < -0.3 is 14.9 Å². The van der Waals surface area contributed by atoms with Crippen molar-refractivity contribution in [2.45, 2.75) is 45.6 Å². The maximum atomic E-state index is 10.6. The molecule has 1 atom stereocenters. The van der Waals surface area contributed by atoms with Gasteiger partial charge in [0, 0.05) is 0 Å². The summed E-state index contributed by atoms with van der Waals surface area (Å²) < 4.78 is 5.06. The molecule has 1 unspecified atom stereocenters. The van der Waals surface area contributed by atoms with Crippen LogP contribution >= 0.6 is 0 Å². The highest BCUT2D eigenvalue weighted by atomic mass is 16.6. The van der Waals surface area contributed by atoms with E-state index in [0.717, 1.165) is 6.61 Å². The molecule has 0 aliphatic carbocycles. The Morgan fingerprint density at radius 3 is 2.10 bits per heavy atom. The van der Waals surface area contributed by atoms with E-state index in [1.807, 2.05) is 0 Å². The van der Waals surface area contributed by atoms with E-state index >= 15 is 0 Å². The third kappa shape index (κ3) is 5.95. The van der Waals surface area contributed by atoms with Crippen LogP contribution in [0.3, 0.4) is 0 Å². The lowest BCUT2D eigenvalue weighted by Crippen LogP contribution is -2.06. The topological polar surface area (TPSA) is 87.1 Å². The fourth-order valence-corrected chi connectivity index (χ4v) is 1.96. The molecule has 0 spiro atoms. The first-order chi connectivity index (χ1) is 9.97. The van der Waals surface area contributed by atoms with E-state index in [0.29, 0.717) is 6.10 Å². The Morgan fingerprint density at radius 2 is 1.71 bits per heavy atom. The molecular weight excluding hydrogens is 272 g/mol. The SMILES string of the molecule is CCCCCC1CO1.Cc1c(C(=O)O)cccc1C(=O)O.